The van der Waals surface area contributed by atoms with E-state index >= 15 is 0 Å². The number of halogens is 2. The minimum atomic E-state index is -1.12. The third-order valence-electron chi connectivity index (χ3n) is 2.79. The molecule has 5 heteroatoms. The second-order valence-corrected chi connectivity index (χ2v) is 4.28. The Morgan fingerprint density at radius 2 is 1.95 bits per heavy atom. The summed E-state index contributed by atoms with van der Waals surface area (Å²) in [5.74, 6) is -2.54. The highest BCUT2D eigenvalue weighted by Gasteiger charge is 2.12. The lowest BCUT2D eigenvalue weighted by molar-refractivity contribution is 0.0696. The Kier molecular flexibility index (Phi) is 4.10. The highest BCUT2D eigenvalue weighted by atomic mass is 19.1. The fourth-order valence-corrected chi connectivity index (χ4v) is 1.94. The van der Waals surface area contributed by atoms with Crippen molar-refractivity contribution in [1.82, 2.24) is 0 Å². The minimum absolute atomic E-state index is 0.0262. The summed E-state index contributed by atoms with van der Waals surface area (Å²) in [6, 6.07) is 7.59. The maximum atomic E-state index is 13.8. The van der Waals surface area contributed by atoms with Crippen LogP contribution in [0.3, 0.4) is 0 Å². The normalized spacial score (nSPS) is 10.6. The monoisotopic (exact) mass is 278 g/mol. The summed E-state index contributed by atoms with van der Waals surface area (Å²) < 4.78 is 31.6. The van der Waals surface area contributed by atoms with Gasteiger partial charge in [-0.2, -0.15) is 0 Å². The van der Waals surface area contributed by atoms with E-state index in [-0.39, 0.29) is 17.7 Å². The smallest absolute Gasteiger partial charge is 0.335 e. The van der Waals surface area contributed by atoms with Gasteiger partial charge in [-0.3, -0.25) is 0 Å². The molecule has 0 aliphatic carbocycles. The van der Waals surface area contributed by atoms with E-state index in [0.717, 1.165) is 12.1 Å². The van der Waals surface area contributed by atoms with Gasteiger partial charge in [0.2, 0.25) is 0 Å². The zero-order chi connectivity index (χ0) is 14.7. The van der Waals surface area contributed by atoms with Crippen LogP contribution in [0.15, 0.2) is 36.4 Å². The number of hydrogen-bond acceptors (Lipinski definition) is 2. The molecular formula is C15H12F2O3. The molecule has 0 atom stereocenters. The van der Waals surface area contributed by atoms with E-state index in [1.54, 1.807) is 6.07 Å². The van der Waals surface area contributed by atoms with Crippen molar-refractivity contribution in [2.75, 3.05) is 7.11 Å². The first-order chi connectivity index (χ1) is 9.51. The molecule has 0 heterocycles. The van der Waals surface area contributed by atoms with Gasteiger partial charge in [0.25, 0.3) is 0 Å². The maximum absolute atomic E-state index is 13.8. The van der Waals surface area contributed by atoms with Crippen molar-refractivity contribution in [3.05, 3.63) is 59.2 Å². The Hall–Kier alpha value is -2.27. The molecule has 2 aromatic rings. The predicted octanol–water partition coefficient (Wildman–Crippen LogP) is 3.48. The van der Waals surface area contributed by atoms with E-state index in [1.165, 1.54) is 25.3 Å². The summed E-state index contributed by atoms with van der Waals surface area (Å²) in [7, 11) is 1.48. The standard InChI is InChI=1S/C15H12F2O3/c1-20-8-9-4-10(6-11(5-9)15(18)19)13-3-2-12(16)7-14(13)17/h2-7H,8H2,1H3,(H,18,19). The van der Waals surface area contributed by atoms with Gasteiger partial charge in [0.1, 0.15) is 11.6 Å². The molecule has 0 fully saturated rings. The highest BCUT2D eigenvalue weighted by Crippen LogP contribution is 2.26. The van der Waals surface area contributed by atoms with Gasteiger partial charge < -0.3 is 9.84 Å². The molecule has 104 valence electrons. The van der Waals surface area contributed by atoms with Crippen LogP contribution in [0, 0.1) is 11.6 Å². The molecule has 0 aliphatic rings. The van der Waals surface area contributed by atoms with Gasteiger partial charge in [-0.15, -0.1) is 0 Å². The first-order valence-corrected chi connectivity index (χ1v) is 5.83. The molecule has 0 aliphatic heterocycles. The van der Waals surface area contributed by atoms with Gasteiger partial charge in [-0.1, -0.05) is 0 Å². The number of aromatic carboxylic acids is 1. The molecule has 2 aromatic carbocycles. The molecule has 0 bridgehead atoms. The van der Waals surface area contributed by atoms with Crippen LogP contribution in [-0.4, -0.2) is 18.2 Å². The van der Waals surface area contributed by atoms with E-state index < -0.39 is 17.6 Å². The molecule has 20 heavy (non-hydrogen) atoms. The van der Waals surface area contributed by atoms with Gasteiger partial charge in [0.05, 0.1) is 12.2 Å². The summed E-state index contributed by atoms with van der Waals surface area (Å²) in [6.45, 7) is 0.205. The predicted molar refractivity (Wildman–Crippen MR) is 69.5 cm³/mol. The van der Waals surface area contributed by atoms with E-state index in [0.29, 0.717) is 11.1 Å². The quantitative estimate of drug-likeness (QED) is 0.931. The molecule has 2 rings (SSSR count). The first kappa shape index (κ1) is 14.1. The average molecular weight is 278 g/mol. The number of carbonyl (C=O) groups is 1. The Morgan fingerprint density at radius 1 is 1.20 bits per heavy atom. The number of ether oxygens (including phenoxy) is 1. The second-order valence-electron chi connectivity index (χ2n) is 4.28. The third kappa shape index (κ3) is 3.00. The third-order valence-corrected chi connectivity index (χ3v) is 2.79. The summed E-state index contributed by atoms with van der Waals surface area (Å²) in [5.41, 5.74) is 1.14. The molecule has 3 nitrogen and oxygen atoms in total. The summed E-state index contributed by atoms with van der Waals surface area (Å²) >= 11 is 0. The fourth-order valence-electron chi connectivity index (χ4n) is 1.94. The average Bonchev–Trinajstić information content (AvgIpc) is 2.38. The lowest BCUT2D eigenvalue weighted by Crippen LogP contribution is -2.00. The number of benzene rings is 2. The van der Waals surface area contributed by atoms with E-state index in [9.17, 15) is 13.6 Å². The minimum Gasteiger partial charge on any atom is -0.478 e. The van der Waals surface area contributed by atoms with E-state index in [4.69, 9.17) is 9.84 Å². The van der Waals surface area contributed by atoms with Crippen molar-refractivity contribution >= 4 is 5.97 Å². The summed E-state index contributed by atoms with van der Waals surface area (Å²) in [5, 5.41) is 9.07. The first-order valence-electron chi connectivity index (χ1n) is 5.83. The lowest BCUT2D eigenvalue weighted by Gasteiger charge is -2.08. The second kappa shape index (κ2) is 5.79. The van der Waals surface area contributed by atoms with E-state index in [1.807, 2.05) is 0 Å². The van der Waals surface area contributed by atoms with Crippen LogP contribution >= 0.6 is 0 Å². The van der Waals surface area contributed by atoms with Crippen molar-refractivity contribution in [1.29, 1.82) is 0 Å². The number of rotatable bonds is 4. The van der Waals surface area contributed by atoms with Gasteiger partial charge in [-0.05, 0) is 41.5 Å². The van der Waals surface area contributed by atoms with Crippen LogP contribution in [0.4, 0.5) is 8.78 Å². The van der Waals surface area contributed by atoms with Crippen molar-refractivity contribution in [2.45, 2.75) is 6.61 Å². The molecule has 0 unspecified atom stereocenters. The topological polar surface area (TPSA) is 46.5 Å². The molecule has 0 amide bonds. The van der Waals surface area contributed by atoms with Crippen LogP contribution in [0.25, 0.3) is 11.1 Å². The maximum Gasteiger partial charge on any atom is 0.335 e. The largest absolute Gasteiger partial charge is 0.478 e. The Morgan fingerprint density at radius 3 is 2.55 bits per heavy atom. The number of hydrogen-bond donors (Lipinski definition) is 1. The van der Waals surface area contributed by atoms with Crippen LogP contribution < -0.4 is 0 Å². The summed E-state index contributed by atoms with van der Waals surface area (Å²) in [6.07, 6.45) is 0. The highest BCUT2D eigenvalue weighted by molar-refractivity contribution is 5.89. The molecule has 0 saturated heterocycles. The summed E-state index contributed by atoms with van der Waals surface area (Å²) in [4.78, 5) is 11.1. The Balaban J connectivity index is 2.57. The van der Waals surface area contributed by atoms with Crippen LogP contribution in [-0.2, 0) is 11.3 Å². The molecule has 0 aromatic heterocycles. The zero-order valence-corrected chi connectivity index (χ0v) is 10.7. The molecule has 0 spiro atoms. The van der Waals surface area contributed by atoms with Crippen LogP contribution in [0.2, 0.25) is 0 Å². The Bertz CT molecular complexity index is 654. The van der Waals surface area contributed by atoms with Gasteiger partial charge in [0, 0.05) is 18.7 Å². The molecule has 0 saturated carbocycles. The van der Waals surface area contributed by atoms with Crippen molar-refractivity contribution < 1.29 is 23.4 Å². The lowest BCUT2D eigenvalue weighted by atomic mass is 9.99. The molecular weight excluding hydrogens is 266 g/mol. The Labute approximate surface area is 114 Å². The fraction of sp³-hybridized carbons (Fsp3) is 0.133. The van der Waals surface area contributed by atoms with Crippen LogP contribution in [0.1, 0.15) is 15.9 Å². The van der Waals surface area contributed by atoms with Crippen molar-refractivity contribution in [3.63, 3.8) is 0 Å². The number of carboxylic acids is 1. The number of methoxy groups -OCH3 is 1. The molecule has 0 radical (unpaired) electrons. The zero-order valence-electron chi connectivity index (χ0n) is 10.7. The van der Waals surface area contributed by atoms with Crippen molar-refractivity contribution in [3.8, 4) is 11.1 Å². The van der Waals surface area contributed by atoms with E-state index in [2.05, 4.69) is 0 Å². The van der Waals surface area contributed by atoms with Gasteiger partial charge in [-0.25, -0.2) is 13.6 Å². The molecule has 1 N–H and O–H groups in total. The van der Waals surface area contributed by atoms with Crippen molar-refractivity contribution in [2.24, 2.45) is 0 Å². The van der Waals surface area contributed by atoms with Gasteiger partial charge in [0.15, 0.2) is 0 Å². The van der Waals surface area contributed by atoms with Crippen LogP contribution in [0.5, 0.6) is 0 Å². The SMILES string of the molecule is COCc1cc(C(=O)O)cc(-c2ccc(F)cc2F)c1. The number of carboxylic acid groups (broad SMARTS) is 1. The van der Waals surface area contributed by atoms with Gasteiger partial charge >= 0.3 is 5.97 Å².